The molecule has 0 fully saturated rings. The standard InChI is InChI=1S/C13H10BrN3O/c14-10-3-4-13-16-6-11(17(13)8-10)9-18-12-2-1-5-15-7-12/h1-8H,9H2. The number of ether oxygens (including phenoxy) is 1. The highest BCUT2D eigenvalue weighted by Gasteiger charge is 2.04. The van der Waals surface area contributed by atoms with Crippen molar-refractivity contribution in [2.24, 2.45) is 0 Å². The van der Waals surface area contributed by atoms with E-state index in [-0.39, 0.29) is 0 Å². The van der Waals surface area contributed by atoms with Crippen LogP contribution in [-0.4, -0.2) is 14.4 Å². The molecule has 3 aromatic rings. The number of rotatable bonds is 3. The van der Waals surface area contributed by atoms with Crippen molar-refractivity contribution in [3.63, 3.8) is 0 Å². The van der Waals surface area contributed by atoms with Crippen LogP contribution in [0.25, 0.3) is 5.65 Å². The lowest BCUT2D eigenvalue weighted by atomic mass is 10.4. The van der Waals surface area contributed by atoms with Crippen LogP contribution in [0.2, 0.25) is 0 Å². The van der Waals surface area contributed by atoms with E-state index in [4.69, 9.17) is 4.74 Å². The minimum Gasteiger partial charge on any atom is -0.486 e. The fourth-order valence-electron chi connectivity index (χ4n) is 1.70. The highest BCUT2D eigenvalue weighted by atomic mass is 79.9. The monoisotopic (exact) mass is 303 g/mol. The second kappa shape index (κ2) is 4.78. The maximum atomic E-state index is 5.66. The molecule has 0 aliphatic carbocycles. The molecule has 0 aliphatic rings. The first-order valence-corrected chi connectivity index (χ1v) is 6.26. The maximum absolute atomic E-state index is 5.66. The fraction of sp³-hybridized carbons (Fsp3) is 0.0769. The van der Waals surface area contributed by atoms with Gasteiger partial charge in [0, 0.05) is 16.9 Å². The molecule has 0 amide bonds. The lowest BCUT2D eigenvalue weighted by molar-refractivity contribution is 0.299. The number of pyridine rings is 2. The molecular formula is C13H10BrN3O. The van der Waals surface area contributed by atoms with Crippen LogP contribution in [0, 0.1) is 0 Å². The molecule has 0 unspecified atom stereocenters. The third-order valence-corrected chi connectivity index (χ3v) is 3.04. The predicted octanol–water partition coefficient (Wildman–Crippen LogP) is 3.07. The van der Waals surface area contributed by atoms with Gasteiger partial charge in [0.05, 0.1) is 18.1 Å². The lowest BCUT2D eigenvalue weighted by Crippen LogP contribution is -1.99. The van der Waals surface area contributed by atoms with Gasteiger partial charge in [0.2, 0.25) is 0 Å². The molecule has 0 aromatic carbocycles. The molecule has 0 spiro atoms. The van der Waals surface area contributed by atoms with Gasteiger partial charge in [-0.15, -0.1) is 0 Å². The summed E-state index contributed by atoms with van der Waals surface area (Å²) in [6, 6.07) is 7.65. The molecule has 18 heavy (non-hydrogen) atoms. The van der Waals surface area contributed by atoms with Crippen molar-refractivity contribution in [2.45, 2.75) is 6.61 Å². The summed E-state index contributed by atoms with van der Waals surface area (Å²) in [5.74, 6) is 0.752. The topological polar surface area (TPSA) is 39.4 Å². The Hall–Kier alpha value is -1.88. The van der Waals surface area contributed by atoms with Gasteiger partial charge in [-0.05, 0) is 40.2 Å². The summed E-state index contributed by atoms with van der Waals surface area (Å²) < 4.78 is 8.67. The normalized spacial score (nSPS) is 10.7. The Balaban J connectivity index is 1.85. The zero-order chi connectivity index (χ0) is 12.4. The van der Waals surface area contributed by atoms with E-state index in [1.807, 2.05) is 41.1 Å². The molecule has 0 radical (unpaired) electrons. The molecule has 3 heterocycles. The summed E-state index contributed by atoms with van der Waals surface area (Å²) in [5.41, 5.74) is 1.90. The van der Waals surface area contributed by atoms with Gasteiger partial charge in [-0.3, -0.25) is 9.38 Å². The molecule has 0 saturated heterocycles. The highest BCUT2D eigenvalue weighted by molar-refractivity contribution is 9.10. The molecule has 3 rings (SSSR count). The van der Waals surface area contributed by atoms with E-state index in [2.05, 4.69) is 25.9 Å². The number of imidazole rings is 1. The number of halogens is 1. The molecule has 0 saturated carbocycles. The van der Waals surface area contributed by atoms with Crippen LogP contribution in [-0.2, 0) is 6.61 Å². The van der Waals surface area contributed by atoms with Crippen LogP contribution >= 0.6 is 15.9 Å². The molecule has 0 N–H and O–H groups in total. The summed E-state index contributed by atoms with van der Waals surface area (Å²) in [4.78, 5) is 8.32. The van der Waals surface area contributed by atoms with Crippen molar-refractivity contribution < 1.29 is 4.74 Å². The van der Waals surface area contributed by atoms with Gasteiger partial charge in [0.1, 0.15) is 18.0 Å². The smallest absolute Gasteiger partial charge is 0.138 e. The minimum absolute atomic E-state index is 0.462. The molecule has 3 aromatic heterocycles. The molecule has 0 atom stereocenters. The fourth-order valence-corrected chi connectivity index (χ4v) is 2.04. The Bertz CT molecular complexity index is 666. The number of fused-ring (bicyclic) bond motifs is 1. The van der Waals surface area contributed by atoms with Gasteiger partial charge in [0.15, 0.2) is 0 Å². The zero-order valence-corrected chi connectivity index (χ0v) is 11.0. The largest absolute Gasteiger partial charge is 0.486 e. The first-order valence-electron chi connectivity index (χ1n) is 5.47. The summed E-state index contributed by atoms with van der Waals surface area (Å²) >= 11 is 3.45. The average Bonchev–Trinajstić information content (AvgIpc) is 2.80. The Morgan fingerprint density at radius 2 is 2.17 bits per heavy atom. The molecule has 5 heteroatoms. The summed E-state index contributed by atoms with van der Waals surface area (Å²) in [5, 5.41) is 0. The second-order valence-electron chi connectivity index (χ2n) is 3.80. The lowest BCUT2D eigenvalue weighted by Gasteiger charge is -2.05. The van der Waals surface area contributed by atoms with Crippen molar-refractivity contribution in [2.75, 3.05) is 0 Å². The summed E-state index contributed by atoms with van der Waals surface area (Å²) in [6.45, 7) is 0.462. The van der Waals surface area contributed by atoms with Crippen LogP contribution in [0.3, 0.4) is 0 Å². The van der Waals surface area contributed by atoms with E-state index in [0.29, 0.717) is 6.61 Å². The SMILES string of the molecule is Brc1ccc2ncc(COc3cccnc3)n2c1. The van der Waals surface area contributed by atoms with Gasteiger partial charge in [0.25, 0.3) is 0 Å². The number of aromatic nitrogens is 3. The maximum Gasteiger partial charge on any atom is 0.138 e. The van der Waals surface area contributed by atoms with Gasteiger partial charge >= 0.3 is 0 Å². The van der Waals surface area contributed by atoms with Crippen LogP contribution in [0.4, 0.5) is 0 Å². The van der Waals surface area contributed by atoms with Gasteiger partial charge < -0.3 is 4.74 Å². The zero-order valence-electron chi connectivity index (χ0n) is 9.45. The average molecular weight is 304 g/mol. The van der Waals surface area contributed by atoms with Crippen LogP contribution in [0.5, 0.6) is 5.75 Å². The highest BCUT2D eigenvalue weighted by Crippen LogP contribution is 2.15. The first-order chi connectivity index (χ1) is 8.83. The Kier molecular flexibility index (Phi) is 2.98. The van der Waals surface area contributed by atoms with Crippen LogP contribution in [0.1, 0.15) is 5.69 Å². The van der Waals surface area contributed by atoms with E-state index >= 15 is 0 Å². The van der Waals surface area contributed by atoms with E-state index < -0.39 is 0 Å². The van der Waals surface area contributed by atoms with Gasteiger partial charge in [-0.1, -0.05) is 0 Å². The Morgan fingerprint density at radius 3 is 3.00 bits per heavy atom. The quantitative estimate of drug-likeness (QED) is 0.746. The van der Waals surface area contributed by atoms with Crippen molar-refractivity contribution >= 4 is 21.6 Å². The molecule has 0 bridgehead atoms. The molecule has 90 valence electrons. The molecular weight excluding hydrogens is 294 g/mol. The van der Waals surface area contributed by atoms with Crippen molar-refractivity contribution in [1.29, 1.82) is 0 Å². The van der Waals surface area contributed by atoms with Crippen molar-refractivity contribution in [3.05, 3.63) is 59.2 Å². The van der Waals surface area contributed by atoms with Gasteiger partial charge in [-0.25, -0.2) is 4.98 Å². The van der Waals surface area contributed by atoms with E-state index in [9.17, 15) is 0 Å². The number of hydrogen-bond donors (Lipinski definition) is 0. The van der Waals surface area contributed by atoms with Crippen LogP contribution < -0.4 is 4.74 Å². The Morgan fingerprint density at radius 1 is 1.22 bits per heavy atom. The van der Waals surface area contributed by atoms with Gasteiger partial charge in [-0.2, -0.15) is 0 Å². The summed E-state index contributed by atoms with van der Waals surface area (Å²) in [6.07, 6.45) is 7.21. The van der Waals surface area contributed by atoms with Crippen molar-refractivity contribution in [3.8, 4) is 5.75 Å². The minimum atomic E-state index is 0.462. The second-order valence-corrected chi connectivity index (χ2v) is 4.72. The number of hydrogen-bond acceptors (Lipinski definition) is 3. The third kappa shape index (κ3) is 2.22. The Labute approximate surface area is 112 Å². The predicted molar refractivity (Wildman–Crippen MR) is 71.5 cm³/mol. The third-order valence-electron chi connectivity index (χ3n) is 2.57. The molecule has 0 aliphatic heterocycles. The summed E-state index contributed by atoms with van der Waals surface area (Å²) in [7, 11) is 0. The van der Waals surface area contributed by atoms with E-state index in [1.54, 1.807) is 12.4 Å². The first kappa shape index (κ1) is 11.2. The van der Waals surface area contributed by atoms with E-state index in [0.717, 1.165) is 21.6 Å². The van der Waals surface area contributed by atoms with Crippen LogP contribution in [0.15, 0.2) is 53.5 Å². The van der Waals surface area contributed by atoms with E-state index in [1.165, 1.54) is 0 Å². The molecule has 4 nitrogen and oxygen atoms in total. The van der Waals surface area contributed by atoms with Crippen molar-refractivity contribution in [1.82, 2.24) is 14.4 Å². The number of nitrogens with zero attached hydrogens (tertiary/aromatic N) is 3.